The summed E-state index contributed by atoms with van der Waals surface area (Å²) < 4.78 is 33.3. The number of ether oxygens (including phenoxy) is 1. The number of carbonyl (C=O) groups is 1. The summed E-state index contributed by atoms with van der Waals surface area (Å²) in [7, 11) is -2.00. The third-order valence-corrected chi connectivity index (χ3v) is 7.46. The molecule has 2 aromatic rings. The fourth-order valence-electron chi connectivity index (χ4n) is 4.04. The van der Waals surface area contributed by atoms with Crippen LogP contribution >= 0.6 is 0 Å². The molecule has 1 atom stereocenters. The fraction of sp³-hybridized carbons (Fsp3) is 0.381. The summed E-state index contributed by atoms with van der Waals surface area (Å²) in [5, 5.41) is 0. The van der Waals surface area contributed by atoms with Gasteiger partial charge in [0.1, 0.15) is 5.75 Å². The van der Waals surface area contributed by atoms with Crippen molar-refractivity contribution in [3.63, 3.8) is 0 Å². The van der Waals surface area contributed by atoms with E-state index in [1.165, 1.54) is 0 Å². The van der Waals surface area contributed by atoms with Crippen LogP contribution in [-0.4, -0.2) is 38.8 Å². The molecule has 2 aliphatic rings. The molecule has 0 aliphatic carbocycles. The molecule has 2 fully saturated rings. The van der Waals surface area contributed by atoms with Crippen LogP contribution in [0.4, 0.5) is 5.69 Å². The van der Waals surface area contributed by atoms with Gasteiger partial charge in [0.25, 0.3) is 0 Å². The summed E-state index contributed by atoms with van der Waals surface area (Å²) in [5.41, 5.74) is 1.73. The molecule has 0 unspecified atom stereocenters. The van der Waals surface area contributed by atoms with Gasteiger partial charge in [-0.05, 0) is 61.2 Å². The number of sulfonamides is 1. The molecule has 7 heteroatoms. The highest BCUT2D eigenvalue weighted by molar-refractivity contribution is 7.89. The van der Waals surface area contributed by atoms with E-state index in [0.29, 0.717) is 19.5 Å². The summed E-state index contributed by atoms with van der Waals surface area (Å²) in [5.74, 6) is 0.845. The van der Waals surface area contributed by atoms with Gasteiger partial charge in [-0.3, -0.25) is 4.79 Å². The van der Waals surface area contributed by atoms with Crippen LogP contribution in [0.25, 0.3) is 0 Å². The molecule has 2 aliphatic heterocycles. The van der Waals surface area contributed by atoms with Gasteiger partial charge in [0.15, 0.2) is 0 Å². The second-order valence-electron chi connectivity index (χ2n) is 7.19. The maximum atomic E-state index is 13.3. The molecule has 0 bridgehead atoms. The molecule has 1 amide bonds. The Labute approximate surface area is 165 Å². The summed E-state index contributed by atoms with van der Waals surface area (Å²) in [4.78, 5) is 13.9. The molecule has 2 heterocycles. The molecule has 28 heavy (non-hydrogen) atoms. The van der Waals surface area contributed by atoms with Gasteiger partial charge in [0.05, 0.1) is 18.0 Å². The van der Waals surface area contributed by atoms with Gasteiger partial charge in [0.2, 0.25) is 15.9 Å². The van der Waals surface area contributed by atoms with Gasteiger partial charge in [-0.2, -0.15) is 4.31 Å². The highest BCUT2D eigenvalue weighted by Crippen LogP contribution is 2.37. The molecule has 6 nitrogen and oxygen atoms in total. The predicted molar refractivity (Wildman–Crippen MR) is 107 cm³/mol. The van der Waals surface area contributed by atoms with E-state index in [9.17, 15) is 13.2 Å². The summed E-state index contributed by atoms with van der Waals surface area (Å²) in [6.45, 7) is 1.20. The first kappa shape index (κ1) is 19.0. The minimum absolute atomic E-state index is 0.0923. The van der Waals surface area contributed by atoms with Crippen LogP contribution in [0.3, 0.4) is 0 Å². The number of anilines is 1. The van der Waals surface area contributed by atoms with Crippen molar-refractivity contribution in [3.8, 4) is 5.75 Å². The monoisotopic (exact) mass is 400 g/mol. The van der Waals surface area contributed by atoms with E-state index in [-0.39, 0.29) is 16.8 Å². The van der Waals surface area contributed by atoms with E-state index in [2.05, 4.69) is 0 Å². The zero-order valence-corrected chi connectivity index (χ0v) is 16.7. The van der Waals surface area contributed by atoms with Crippen LogP contribution in [0, 0.1) is 0 Å². The van der Waals surface area contributed by atoms with E-state index in [0.717, 1.165) is 36.3 Å². The predicted octanol–water partition coefficient (Wildman–Crippen LogP) is 3.35. The largest absolute Gasteiger partial charge is 0.497 e. The van der Waals surface area contributed by atoms with E-state index in [4.69, 9.17) is 4.74 Å². The van der Waals surface area contributed by atoms with Gasteiger partial charge in [-0.1, -0.05) is 12.1 Å². The minimum Gasteiger partial charge on any atom is -0.497 e. The number of hydrogen-bond acceptors (Lipinski definition) is 4. The Balaban J connectivity index is 1.58. The summed E-state index contributed by atoms with van der Waals surface area (Å²) in [6.07, 6.45) is 3.02. The highest BCUT2D eigenvalue weighted by Gasteiger charge is 2.36. The second-order valence-corrected chi connectivity index (χ2v) is 9.08. The first-order valence-electron chi connectivity index (χ1n) is 9.57. The lowest BCUT2D eigenvalue weighted by Gasteiger charge is -2.25. The van der Waals surface area contributed by atoms with Gasteiger partial charge in [-0.25, -0.2) is 8.42 Å². The van der Waals surface area contributed by atoms with Crippen molar-refractivity contribution in [2.75, 3.05) is 25.1 Å². The van der Waals surface area contributed by atoms with Crippen molar-refractivity contribution >= 4 is 21.6 Å². The van der Waals surface area contributed by atoms with Crippen LogP contribution in [0.2, 0.25) is 0 Å². The molecule has 0 saturated carbocycles. The van der Waals surface area contributed by atoms with E-state index in [1.54, 1.807) is 40.6 Å². The Morgan fingerprint density at radius 3 is 2.29 bits per heavy atom. The molecule has 0 aromatic heterocycles. The molecule has 2 saturated heterocycles. The van der Waals surface area contributed by atoms with Crippen molar-refractivity contribution in [3.05, 3.63) is 54.1 Å². The van der Waals surface area contributed by atoms with Gasteiger partial charge >= 0.3 is 0 Å². The lowest BCUT2D eigenvalue weighted by Crippen LogP contribution is -2.30. The molecular weight excluding hydrogens is 376 g/mol. The van der Waals surface area contributed by atoms with Gasteiger partial charge < -0.3 is 9.64 Å². The molecule has 0 radical (unpaired) electrons. The molecule has 148 valence electrons. The average molecular weight is 401 g/mol. The molecule has 4 rings (SSSR count). The van der Waals surface area contributed by atoms with Crippen LogP contribution in [0.5, 0.6) is 5.75 Å². The Morgan fingerprint density at radius 1 is 0.964 bits per heavy atom. The minimum atomic E-state index is -3.61. The third kappa shape index (κ3) is 3.40. The standard InChI is InChI=1S/C21H24N2O4S/c1-27-18-10-6-16(7-11-18)20-4-2-15-23(20)28(25,26)19-12-8-17(9-13-19)22-14-3-5-21(22)24/h6-13,20H,2-5,14-15H2,1H3/t20-/m1/s1. The van der Waals surface area contributed by atoms with Crippen molar-refractivity contribution in [1.82, 2.24) is 4.31 Å². The normalized spacial score (nSPS) is 20.7. The number of benzene rings is 2. The SMILES string of the molecule is COc1ccc([C@H]2CCCN2S(=O)(=O)c2ccc(N3CCCC3=O)cc2)cc1. The Hall–Kier alpha value is -2.38. The summed E-state index contributed by atoms with van der Waals surface area (Å²) >= 11 is 0. The molecule has 0 spiro atoms. The number of rotatable bonds is 5. The Morgan fingerprint density at radius 2 is 1.68 bits per heavy atom. The van der Waals surface area contributed by atoms with Gasteiger partial charge in [0, 0.05) is 25.2 Å². The maximum Gasteiger partial charge on any atom is 0.243 e. The number of nitrogens with zero attached hydrogens (tertiary/aromatic N) is 2. The van der Waals surface area contributed by atoms with Crippen LogP contribution < -0.4 is 9.64 Å². The zero-order chi connectivity index (χ0) is 19.7. The van der Waals surface area contributed by atoms with E-state index >= 15 is 0 Å². The van der Waals surface area contributed by atoms with Crippen molar-refractivity contribution in [2.24, 2.45) is 0 Å². The first-order valence-corrected chi connectivity index (χ1v) is 11.0. The van der Waals surface area contributed by atoms with Crippen LogP contribution in [0.15, 0.2) is 53.4 Å². The van der Waals surface area contributed by atoms with Crippen LogP contribution in [0.1, 0.15) is 37.3 Å². The highest BCUT2D eigenvalue weighted by atomic mass is 32.2. The van der Waals surface area contributed by atoms with Gasteiger partial charge in [-0.15, -0.1) is 0 Å². The molecular formula is C21H24N2O4S. The van der Waals surface area contributed by atoms with E-state index in [1.807, 2.05) is 24.3 Å². The average Bonchev–Trinajstić information content (AvgIpc) is 3.38. The molecule has 2 aromatic carbocycles. The number of methoxy groups -OCH3 is 1. The van der Waals surface area contributed by atoms with Crippen LogP contribution in [-0.2, 0) is 14.8 Å². The van der Waals surface area contributed by atoms with E-state index < -0.39 is 10.0 Å². The summed E-state index contributed by atoms with van der Waals surface area (Å²) in [6, 6.07) is 14.1. The van der Waals surface area contributed by atoms with Crippen molar-refractivity contribution in [2.45, 2.75) is 36.6 Å². The molecule has 0 N–H and O–H groups in total. The maximum absolute atomic E-state index is 13.3. The smallest absolute Gasteiger partial charge is 0.243 e. The lowest BCUT2D eigenvalue weighted by molar-refractivity contribution is -0.117. The fourth-order valence-corrected chi connectivity index (χ4v) is 5.72. The Bertz CT molecular complexity index is 955. The quantitative estimate of drug-likeness (QED) is 0.772. The number of amides is 1. The number of hydrogen-bond donors (Lipinski definition) is 0. The topological polar surface area (TPSA) is 66.9 Å². The lowest BCUT2D eigenvalue weighted by atomic mass is 10.1. The third-order valence-electron chi connectivity index (χ3n) is 5.53. The Kier molecular flexibility index (Phi) is 5.12. The van der Waals surface area contributed by atoms with Crippen molar-refractivity contribution in [1.29, 1.82) is 0 Å². The second kappa shape index (κ2) is 7.56. The number of carbonyl (C=O) groups excluding carboxylic acids is 1. The first-order chi connectivity index (χ1) is 13.5. The zero-order valence-electron chi connectivity index (χ0n) is 15.9. The van der Waals surface area contributed by atoms with Crippen molar-refractivity contribution < 1.29 is 17.9 Å².